The van der Waals surface area contributed by atoms with Crippen LogP contribution in [0.2, 0.25) is 0 Å². The second kappa shape index (κ2) is 6.38. The summed E-state index contributed by atoms with van der Waals surface area (Å²) in [5, 5.41) is 17.2. The molecule has 0 bridgehead atoms. The zero-order valence-corrected chi connectivity index (χ0v) is 10.5. The molecule has 0 aliphatic rings. The number of nitrogens with zero attached hydrogens (tertiary/aromatic N) is 2. The minimum Gasteiger partial charge on any atom is -0.480 e. The maximum Gasteiger partial charge on any atom is 0.319 e. The summed E-state index contributed by atoms with van der Waals surface area (Å²) >= 11 is 1.08. The molecular formula is C10H16N2O3S. The predicted octanol–water partition coefficient (Wildman–Crippen LogP) is 0.955. The third-order valence-electron chi connectivity index (χ3n) is 2.06. The van der Waals surface area contributed by atoms with Gasteiger partial charge in [-0.25, -0.2) is 0 Å². The second-order valence-corrected chi connectivity index (χ2v) is 5.43. The van der Waals surface area contributed by atoms with Gasteiger partial charge < -0.3 is 10.0 Å². The van der Waals surface area contributed by atoms with Gasteiger partial charge in [-0.2, -0.15) is 5.26 Å². The van der Waals surface area contributed by atoms with Gasteiger partial charge in [-0.1, -0.05) is 0 Å². The molecule has 0 radical (unpaired) electrons. The number of amides is 1. The Hall–Kier alpha value is -1.22. The highest BCUT2D eigenvalue weighted by Crippen LogP contribution is 2.24. The lowest BCUT2D eigenvalue weighted by Gasteiger charge is -2.20. The van der Waals surface area contributed by atoms with E-state index in [0.717, 1.165) is 11.8 Å². The number of nitriles is 1. The molecule has 0 aliphatic heterocycles. The predicted molar refractivity (Wildman–Crippen MR) is 62.0 cm³/mol. The first-order chi connectivity index (χ1) is 7.31. The molecule has 0 fully saturated rings. The van der Waals surface area contributed by atoms with Crippen LogP contribution in [0.3, 0.4) is 0 Å². The lowest BCUT2D eigenvalue weighted by Crippen LogP contribution is -2.33. The Balaban J connectivity index is 4.08. The van der Waals surface area contributed by atoms with Crippen molar-refractivity contribution in [3.8, 4) is 6.07 Å². The molecule has 0 atom stereocenters. The smallest absolute Gasteiger partial charge is 0.319 e. The van der Waals surface area contributed by atoms with Gasteiger partial charge in [0.15, 0.2) is 0 Å². The molecule has 0 rings (SSSR count). The van der Waals surface area contributed by atoms with Crippen LogP contribution < -0.4 is 0 Å². The number of carbonyl (C=O) groups excluding carboxylic acids is 1. The van der Waals surface area contributed by atoms with Crippen molar-refractivity contribution >= 4 is 23.6 Å². The molecule has 6 heteroatoms. The van der Waals surface area contributed by atoms with Crippen LogP contribution in [0.25, 0.3) is 0 Å². The number of hydrogen-bond donors (Lipinski definition) is 1. The highest BCUT2D eigenvalue weighted by molar-refractivity contribution is 8.01. The minimum atomic E-state index is -0.967. The van der Waals surface area contributed by atoms with Crippen molar-refractivity contribution in [1.82, 2.24) is 4.90 Å². The largest absolute Gasteiger partial charge is 0.480 e. The Morgan fingerprint density at radius 3 is 2.50 bits per heavy atom. The maximum atomic E-state index is 11.5. The topological polar surface area (TPSA) is 81.4 Å². The zero-order valence-electron chi connectivity index (χ0n) is 9.69. The molecule has 0 aliphatic carbocycles. The first-order valence-corrected chi connectivity index (χ1v) is 5.78. The van der Waals surface area contributed by atoms with Crippen LogP contribution in [0, 0.1) is 11.3 Å². The van der Waals surface area contributed by atoms with E-state index in [9.17, 15) is 9.59 Å². The Bertz CT molecular complexity index is 310. The molecule has 1 N–H and O–H groups in total. The lowest BCUT2D eigenvalue weighted by molar-refractivity contribution is -0.138. The van der Waals surface area contributed by atoms with E-state index in [1.807, 2.05) is 6.07 Å². The summed E-state index contributed by atoms with van der Waals surface area (Å²) in [5.74, 6) is -0.985. The molecule has 0 saturated heterocycles. The quantitative estimate of drug-likeness (QED) is 0.752. The first kappa shape index (κ1) is 14.8. The summed E-state index contributed by atoms with van der Waals surface area (Å²) in [6, 6.07) is 1.95. The van der Waals surface area contributed by atoms with Gasteiger partial charge in [0.2, 0.25) is 5.91 Å². The number of carboxylic acids is 1. The molecule has 0 aromatic rings. The van der Waals surface area contributed by atoms with Gasteiger partial charge in [0.25, 0.3) is 0 Å². The van der Waals surface area contributed by atoms with E-state index in [2.05, 4.69) is 0 Å². The standard InChI is InChI=1S/C10H16N2O3S/c1-10(2,9(14)15)16-7-8(13)12(3)6-4-5-11/h4,6-7H2,1-3H3,(H,14,15). The van der Waals surface area contributed by atoms with Crippen LogP contribution in [0.1, 0.15) is 20.3 Å². The number of carboxylic acid groups (broad SMARTS) is 1. The molecular weight excluding hydrogens is 228 g/mol. The normalized spacial score (nSPS) is 10.6. The number of rotatable bonds is 6. The van der Waals surface area contributed by atoms with E-state index in [1.165, 1.54) is 4.90 Å². The van der Waals surface area contributed by atoms with Crippen LogP contribution in [0.5, 0.6) is 0 Å². The van der Waals surface area contributed by atoms with Crippen LogP contribution in [0.15, 0.2) is 0 Å². The molecule has 0 spiro atoms. The van der Waals surface area contributed by atoms with Crippen LogP contribution in [0.4, 0.5) is 0 Å². The third kappa shape index (κ3) is 5.03. The van der Waals surface area contributed by atoms with Crippen molar-refractivity contribution < 1.29 is 14.7 Å². The van der Waals surface area contributed by atoms with Crippen molar-refractivity contribution in [3.05, 3.63) is 0 Å². The Labute approximate surface area is 99.4 Å². The monoisotopic (exact) mass is 244 g/mol. The van der Waals surface area contributed by atoms with Gasteiger partial charge in [0.05, 0.1) is 18.2 Å². The van der Waals surface area contributed by atoms with Crippen molar-refractivity contribution in [3.63, 3.8) is 0 Å². The molecule has 5 nitrogen and oxygen atoms in total. The Morgan fingerprint density at radius 2 is 2.06 bits per heavy atom. The van der Waals surface area contributed by atoms with E-state index in [1.54, 1.807) is 20.9 Å². The van der Waals surface area contributed by atoms with Gasteiger partial charge in [0, 0.05) is 13.6 Å². The first-order valence-electron chi connectivity index (χ1n) is 4.79. The van der Waals surface area contributed by atoms with Crippen molar-refractivity contribution in [1.29, 1.82) is 5.26 Å². The summed E-state index contributed by atoms with van der Waals surface area (Å²) in [7, 11) is 1.61. The maximum absolute atomic E-state index is 11.5. The fourth-order valence-electron chi connectivity index (χ4n) is 0.756. The van der Waals surface area contributed by atoms with Crippen LogP contribution in [-0.4, -0.2) is 46.0 Å². The average Bonchev–Trinajstić information content (AvgIpc) is 2.22. The number of carbonyl (C=O) groups is 2. The second-order valence-electron chi connectivity index (χ2n) is 3.83. The van der Waals surface area contributed by atoms with Crippen molar-refractivity contribution in [2.75, 3.05) is 19.3 Å². The van der Waals surface area contributed by atoms with Gasteiger partial charge in [-0.15, -0.1) is 11.8 Å². The van der Waals surface area contributed by atoms with Crippen LogP contribution in [-0.2, 0) is 9.59 Å². The van der Waals surface area contributed by atoms with Gasteiger partial charge in [-0.05, 0) is 13.8 Å². The average molecular weight is 244 g/mol. The fourth-order valence-corrected chi connectivity index (χ4v) is 1.58. The summed E-state index contributed by atoms with van der Waals surface area (Å²) in [6.45, 7) is 3.49. The highest BCUT2D eigenvalue weighted by atomic mass is 32.2. The number of hydrogen-bond acceptors (Lipinski definition) is 4. The van der Waals surface area contributed by atoms with Gasteiger partial charge in [-0.3, -0.25) is 9.59 Å². The van der Waals surface area contributed by atoms with E-state index >= 15 is 0 Å². The van der Waals surface area contributed by atoms with E-state index in [0.29, 0.717) is 6.54 Å². The molecule has 0 heterocycles. The molecule has 16 heavy (non-hydrogen) atoms. The molecule has 1 amide bonds. The van der Waals surface area contributed by atoms with E-state index < -0.39 is 10.7 Å². The summed E-state index contributed by atoms with van der Waals surface area (Å²) in [6.07, 6.45) is 0.287. The summed E-state index contributed by atoms with van der Waals surface area (Å²) in [5.41, 5.74) is 0. The Morgan fingerprint density at radius 1 is 1.50 bits per heavy atom. The number of thioether (sulfide) groups is 1. The van der Waals surface area contributed by atoms with Gasteiger partial charge >= 0.3 is 5.97 Å². The lowest BCUT2D eigenvalue weighted by atomic mass is 10.2. The van der Waals surface area contributed by atoms with Crippen molar-refractivity contribution in [2.24, 2.45) is 0 Å². The Kier molecular flexibility index (Phi) is 5.89. The molecule has 0 saturated carbocycles. The molecule has 0 aromatic carbocycles. The molecule has 0 aromatic heterocycles. The molecule has 90 valence electrons. The SMILES string of the molecule is CN(CCC#N)C(=O)CSC(C)(C)C(=O)O. The van der Waals surface area contributed by atoms with Crippen molar-refractivity contribution in [2.45, 2.75) is 25.0 Å². The summed E-state index contributed by atoms with van der Waals surface area (Å²) < 4.78 is -0.967. The van der Waals surface area contributed by atoms with E-state index in [-0.39, 0.29) is 18.1 Å². The third-order valence-corrected chi connectivity index (χ3v) is 3.34. The zero-order chi connectivity index (χ0) is 12.8. The highest BCUT2D eigenvalue weighted by Gasteiger charge is 2.28. The number of aliphatic carboxylic acids is 1. The van der Waals surface area contributed by atoms with Crippen LogP contribution >= 0.6 is 11.8 Å². The van der Waals surface area contributed by atoms with E-state index in [4.69, 9.17) is 10.4 Å². The minimum absolute atomic E-state index is 0.112. The molecule has 0 unspecified atom stereocenters. The van der Waals surface area contributed by atoms with Gasteiger partial charge in [0.1, 0.15) is 4.75 Å². The summed E-state index contributed by atoms with van der Waals surface area (Å²) in [4.78, 5) is 23.7. The fraction of sp³-hybridized carbons (Fsp3) is 0.700.